The molecule has 0 spiro atoms. The first-order chi connectivity index (χ1) is 12.7. The van der Waals surface area contributed by atoms with Crippen molar-refractivity contribution in [2.75, 3.05) is 10.6 Å². The third-order valence-electron chi connectivity index (χ3n) is 4.85. The van der Waals surface area contributed by atoms with E-state index in [1.165, 1.54) is 0 Å². The van der Waals surface area contributed by atoms with Crippen LogP contribution >= 0.6 is 11.6 Å². The molecule has 0 amide bonds. The van der Waals surface area contributed by atoms with E-state index in [2.05, 4.69) is 20.7 Å². The van der Waals surface area contributed by atoms with Crippen molar-refractivity contribution in [3.8, 4) is 0 Å². The van der Waals surface area contributed by atoms with E-state index in [4.69, 9.17) is 17.3 Å². The highest BCUT2D eigenvalue weighted by Crippen LogP contribution is 2.23. The molecule has 3 aromatic rings. The number of hydrogen-bond acceptors (Lipinski definition) is 5. The first-order valence-corrected chi connectivity index (χ1v) is 9.40. The smallest absolute Gasteiger partial charge is 0.159 e. The molecule has 26 heavy (non-hydrogen) atoms. The number of benzene rings is 1. The third kappa shape index (κ3) is 3.92. The molecule has 7 heteroatoms. The summed E-state index contributed by atoms with van der Waals surface area (Å²) in [6, 6.07) is 12.5. The molecule has 1 fully saturated rings. The summed E-state index contributed by atoms with van der Waals surface area (Å²) >= 11 is 6.07. The van der Waals surface area contributed by atoms with Crippen LogP contribution in [-0.4, -0.2) is 26.7 Å². The van der Waals surface area contributed by atoms with Crippen LogP contribution in [0.25, 0.3) is 5.65 Å². The van der Waals surface area contributed by atoms with Crippen molar-refractivity contribution in [3.05, 3.63) is 53.2 Å². The van der Waals surface area contributed by atoms with Crippen LogP contribution in [0.3, 0.4) is 0 Å². The molecule has 1 saturated carbocycles. The number of aromatic nitrogens is 3. The Labute approximate surface area is 157 Å². The Kier molecular flexibility index (Phi) is 4.95. The van der Waals surface area contributed by atoms with Gasteiger partial charge in [0.1, 0.15) is 11.6 Å². The van der Waals surface area contributed by atoms with Gasteiger partial charge in [0, 0.05) is 35.8 Å². The molecule has 0 atom stereocenters. The van der Waals surface area contributed by atoms with Crippen molar-refractivity contribution in [3.63, 3.8) is 0 Å². The predicted molar refractivity (Wildman–Crippen MR) is 106 cm³/mol. The monoisotopic (exact) mass is 370 g/mol. The fourth-order valence-corrected chi connectivity index (χ4v) is 3.64. The van der Waals surface area contributed by atoms with Gasteiger partial charge in [0.05, 0.1) is 6.20 Å². The number of halogens is 1. The second kappa shape index (κ2) is 7.51. The highest BCUT2D eigenvalue weighted by molar-refractivity contribution is 6.30. The van der Waals surface area contributed by atoms with E-state index < -0.39 is 0 Å². The number of fused-ring (bicyclic) bond motifs is 1. The minimum Gasteiger partial charge on any atom is -0.367 e. The van der Waals surface area contributed by atoms with E-state index in [1.54, 1.807) is 6.20 Å². The largest absolute Gasteiger partial charge is 0.367 e. The molecule has 4 N–H and O–H groups in total. The van der Waals surface area contributed by atoms with Gasteiger partial charge in [-0.15, -0.1) is 0 Å². The van der Waals surface area contributed by atoms with Gasteiger partial charge in [-0.25, -0.2) is 4.98 Å². The van der Waals surface area contributed by atoms with E-state index in [0.717, 1.165) is 53.6 Å². The fourth-order valence-electron chi connectivity index (χ4n) is 3.43. The lowest BCUT2D eigenvalue weighted by molar-refractivity contribution is 0.410. The summed E-state index contributed by atoms with van der Waals surface area (Å²) in [7, 11) is 0. The van der Waals surface area contributed by atoms with E-state index in [-0.39, 0.29) is 0 Å². The Morgan fingerprint density at radius 1 is 1.15 bits per heavy atom. The highest BCUT2D eigenvalue weighted by Gasteiger charge is 2.19. The molecule has 4 rings (SSSR count). The predicted octanol–water partition coefficient (Wildman–Crippen LogP) is 3.68. The van der Waals surface area contributed by atoms with E-state index in [9.17, 15) is 0 Å². The number of rotatable bonds is 5. The van der Waals surface area contributed by atoms with E-state index >= 15 is 0 Å². The van der Waals surface area contributed by atoms with Crippen LogP contribution in [0.2, 0.25) is 5.02 Å². The Morgan fingerprint density at radius 3 is 2.81 bits per heavy atom. The van der Waals surface area contributed by atoms with Crippen molar-refractivity contribution in [1.29, 1.82) is 0 Å². The molecular weight excluding hydrogens is 348 g/mol. The van der Waals surface area contributed by atoms with Crippen LogP contribution in [0.5, 0.6) is 0 Å². The van der Waals surface area contributed by atoms with Crippen LogP contribution < -0.4 is 16.4 Å². The normalized spacial score (nSPS) is 20.2. The molecular formula is C19H23ClN6. The molecule has 2 heterocycles. The zero-order chi connectivity index (χ0) is 17.9. The molecule has 2 aromatic heterocycles. The summed E-state index contributed by atoms with van der Waals surface area (Å²) in [6.07, 6.45) is 6.05. The van der Waals surface area contributed by atoms with Crippen LogP contribution in [0.4, 0.5) is 11.6 Å². The summed E-state index contributed by atoms with van der Waals surface area (Å²) in [6.45, 7) is 0.664. The van der Waals surface area contributed by atoms with Crippen molar-refractivity contribution in [1.82, 2.24) is 14.6 Å². The quantitative estimate of drug-likeness (QED) is 0.638. The maximum atomic E-state index is 6.07. The second-order valence-corrected chi connectivity index (χ2v) is 7.30. The number of nitrogens with two attached hydrogens (primary N) is 1. The molecule has 1 aliphatic rings. The minimum absolute atomic E-state index is 0.341. The lowest BCUT2D eigenvalue weighted by atomic mass is 9.92. The highest BCUT2D eigenvalue weighted by atomic mass is 35.5. The molecule has 1 aromatic carbocycles. The Hall–Kier alpha value is -2.31. The zero-order valence-electron chi connectivity index (χ0n) is 14.5. The molecule has 0 unspecified atom stereocenters. The average molecular weight is 371 g/mol. The van der Waals surface area contributed by atoms with Crippen LogP contribution in [0.15, 0.2) is 42.6 Å². The van der Waals surface area contributed by atoms with Gasteiger partial charge < -0.3 is 16.4 Å². The minimum atomic E-state index is 0.341. The van der Waals surface area contributed by atoms with Gasteiger partial charge >= 0.3 is 0 Å². The average Bonchev–Trinajstić information content (AvgIpc) is 3.10. The molecule has 0 saturated heterocycles. The Morgan fingerprint density at radius 2 is 2.00 bits per heavy atom. The van der Waals surface area contributed by atoms with Gasteiger partial charge in [-0.3, -0.25) is 0 Å². The van der Waals surface area contributed by atoms with Crippen molar-refractivity contribution in [2.45, 2.75) is 44.3 Å². The van der Waals surface area contributed by atoms with Crippen molar-refractivity contribution >= 4 is 28.9 Å². The fraction of sp³-hybridized carbons (Fsp3) is 0.368. The summed E-state index contributed by atoms with van der Waals surface area (Å²) in [5, 5.41) is 12.1. The van der Waals surface area contributed by atoms with Gasteiger partial charge in [0.25, 0.3) is 0 Å². The molecule has 136 valence electrons. The maximum absolute atomic E-state index is 6.07. The van der Waals surface area contributed by atoms with Gasteiger partial charge in [0.15, 0.2) is 5.65 Å². The summed E-state index contributed by atoms with van der Waals surface area (Å²) in [5.74, 6) is 1.77. The van der Waals surface area contributed by atoms with Gasteiger partial charge in [-0.05, 0) is 43.4 Å². The van der Waals surface area contributed by atoms with Gasteiger partial charge in [0.2, 0.25) is 0 Å². The van der Waals surface area contributed by atoms with Gasteiger partial charge in [-0.1, -0.05) is 23.7 Å². The number of hydrogen-bond donors (Lipinski definition) is 3. The van der Waals surface area contributed by atoms with E-state index in [1.807, 2.05) is 40.9 Å². The number of nitrogens with one attached hydrogen (secondary N) is 2. The Bertz CT molecular complexity index is 885. The lowest BCUT2D eigenvalue weighted by Crippen LogP contribution is -2.33. The molecule has 6 nitrogen and oxygen atoms in total. The molecule has 1 aliphatic carbocycles. The zero-order valence-corrected chi connectivity index (χ0v) is 15.3. The Balaban J connectivity index is 1.52. The molecule has 0 bridgehead atoms. The number of anilines is 2. The SMILES string of the molecule is NC1CCC(Nc2cc(NCc3cccc(Cl)c3)n3nccc3n2)CC1. The van der Waals surface area contributed by atoms with Gasteiger partial charge in [-0.2, -0.15) is 9.61 Å². The van der Waals surface area contributed by atoms with Crippen LogP contribution in [-0.2, 0) is 6.54 Å². The van der Waals surface area contributed by atoms with Crippen LogP contribution in [0.1, 0.15) is 31.2 Å². The topological polar surface area (TPSA) is 80.3 Å². The van der Waals surface area contributed by atoms with Crippen molar-refractivity contribution < 1.29 is 0 Å². The number of nitrogens with zero attached hydrogens (tertiary/aromatic N) is 3. The second-order valence-electron chi connectivity index (χ2n) is 6.87. The lowest BCUT2D eigenvalue weighted by Gasteiger charge is -2.27. The molecule has 0 aliphatic heterocycles. The van der Waals surface area contributed by atoms with Crippen molar-refractivity contribution in [2.24, 2.45) is 5.73 Å². The summed E-state index contributed by atoms with van der Waals surface area (Å²) in [4.78, 5) is 4.68. The third-order valence-corrected chi connectivity index (χ3v) is 5.08. The molecule has 0 radical (unpaired) electrons. The van der Waals surface area contributed by atoms with E-state index in [0.29, 0.717) is 18.6 Å². The summed E-state index contributed by atoms with van der Waals surface area (Å²) < 4.78 is 1.81. The maximum Gasteiger partial charge on any atom is 0.159 e. The van der Waals surface area contributed by atoms with Crippen LogP contribution in [0, 0.1) is 0 Å². The standard InChI is InChI=1S/C19H23ClN6/c20-14-3-1-2-13(10-14)12-22-19-11-17(25-18-8-9-23-26(18)19)24-16-6-4-15(21)5-7-16/h1-3,8-11,15-16,22H,4-7,12,21H2,(H,24,25). The first kappa shape index (κ1) is 17.1. The first-order valence-electron chi connectivity index (χ1n) is 9.02. The summed E-state index contributed by atoms with van der Waals surface area (Å²) in [5.41, 5.74) is 7.94.